The van der Waals surface area contributed by atoms with E-state index in [-0.39, 0.29) is 12.5 Å². The number of amidine groups is 2. The number of fused-ring (bicyclic) bond motifs is 12. The lowest BCUT2D eigenvalue weighted by atomic mass is 9.37. The third-order valence-corrected chi connectivity index (χ3v) is 11.7. The minimum Gasteiger partial charge on any atom is -0.309 e. The van der Waals surface area contributed by atoms with Crippen LogP contribution in [0.5, 0.6) is 0 Å². The Balaban J connectivity index is 1.21. The molecule has 0 radical (unpaired) electrons. The molecule has 0 aliphatic rings. The van der Waals surface area contributed by atoms with Crippen molar-refractivity contribution in [3.05, 3.63) is 211 Å². The SMILES string of the molecule is C=NC(=NC(=N)c1cccc(-n2c3ccc(B(c4ccccc4)c4ccccc4)cc3c3ccc4c(cc5c6ccccc6c6ccccc6n54)c32)c1)c1ccccc1. The molecule has 59 heavy (non-hydrogen) atoms. The van der Waals surface area contributed by atoms with Gasteiger partial charge in [0.25, 0.3) is 0 Å². The van der Waals surface area contributed by atoms with E-state index in [9.17, 15) is 0 Å². The lowest BCUT2D eigenvalue weighted by Crippen LogP contribution is -2.51. The largest absolute Gasteiger partial charge is 0.309 e. The van der Waals surface area contributed by atoms with Crippen molar-refractivity contribution < 1.29 is 0 Å². The van der Waals surface area contributed by atoms with Crippen molar-refractivity contribution in [2.75, 3.05) is 0 Å². The van der Waals surface area contributed by atoms with E-state index in [0.29, 0.717) is 11.4 Å². The predicted molar refractivity (Wildman–Crippen MR) is 251 cm³/mol. The summed E-state index contributed by atoms with van der Waals surface area (Å²) in [4.78, 5) is 8.86. The first kappa shape index (κ1) is 34.4. The van der Waals surface area contributed by atoms with E-state index < -0.39 is 0 Å². The third kappa shape index (κ3) is 5.60. The molecule has 11 aromatic rings. The maximum atomic E-state index is 9.17. The van der Waals surface area contributed by atoms with E-state index in [1.54, 1.807) is 0 Å². The highest BCUT2D eigenvalue weighted by molar-refractivity contribution is 6.95. The molecule has 1 N–H and O–H groups in total. The number of para-hydroxylation sites is 1. The lowest BCUT2D eigenvalue weighted by molar-refractivity contribution is 1.18. The number of nitrogens with zero attached hydrogens (tertiary/aromatic N) is 4. The van der Waals surface area contributed by atoms with Gasteiger partial charge in [-0.25, -0.2) is 9.98 Å². The smallest absolute Gasteiger partial charge is 0.241 e. The fourth-order valence-electron chi connectivity index (χ4n) is 9.16. The molecule has 276 valence electrons. The van der Waals surface area contributed by atoms with Crippen molar-refractivity contribution in [1.29, 1.82) is 5.41 Å². The van der Waals surface area contributed by atoms with Gasteiger partial charge in [0.05, 0.1) is 27.6 Å². The number of aromatic nitrogens is 2. The topological polar surface area (TPSA) is 57.9 Å². The van der Waals surface area contributed by atoms with Gasteiger partial charge in [0.2, 0.25) is 6.71 Å². The van der Waals surface area contributed by atoms with E-state index in [0.717, 1.165) is 33.2 Å². The Bertz CT molecular complexity index is 3430. The number of hydrogen-bond donors (Lipinski definition) is 1. The third-order valence-electron chi connectivity index (χ3n) is 11.7. The molecule has 0 spiro atoms. The molecule has 11 rings (SSSR count). The highest BCUT2D eigenvalue weighted by atomic mass is 15.0. The van der Waals surface area contributed by atoms with Crippen molar-refractivity contribution in [3.8, 4) is 5.69 Å². The van der Waals surface area contributed by atoms with Gasteiger partial charge >= 0.3 is 0 Å². The van der Waals surface area contributed by atoms with Crippen LogP contribution in [0.4, 0.5) is 0 Å². The van der Waals surface area contributed by atoms with Crippen LogP contribution < -0.4 is 16.4 Å². The molecule has 3 heterocycles. The lowest BCUT2D eigenvalue weighted by Gasteiger charge is -2.16. The summed E-state index contributed by atoms with van der Waals surface area (Å²) in [6.07, 6.45) is 0. The van der Waals surface area contributed by atoms with E-state index >= 15 is 0 Å². The number of rotatable bonds is 6. The summed E-state index contributed by atoms with van der Waals surface area (Å²) in [6.45, 7) is 3.82. The molecule has 0 aliphatic heterocycles. The Morgan fingerprint density at radius 2 is 1.03 bits per heavy atom. The van der Waals surface area contributed by atoms with Gasteiger partial charge in [0.1, 0.15) is 0 Å². The summed E-state index contributed by atoms with van der Waals surface area (Å²) in [7, 11) is 0. The highest BCUT2D eigenvalue weighted by Gasteiger charge is 2.25. The van der Waals surface area contributed by atoms with Crippen LogP contribution in [-0.4, -0.2) is 34.1 Å². The van der Waals surface area contributed by atoms with Crippen molar-refractivity contribution in [2.45, 2.75) is 0 Å². The minimum atomic E-state index is 0.0534. The van der Waals surface area contributed by atoms with Gasteiger partial charge in [-0.2, -0.15) is 0 Å². The average Bonchev–Trinajstić information content (AvgIpc) is 3.86. The summed E-state index contributed by atoms with van der Waals surface area (Å²) < 4.78 is 4.81. The monoisotopic (exact) mass is 753 g/mol. The van der Waals surface area contributed by atoms with E-state index in [1.165, 1.54) is 54.4 Å². The Morgan fingerprint density at radius 3 is 1.75 bits per heavy atom. The molecule has 0 saturated heterocycles. The fraction of sp³-hybridized carbons (Fsp3) is 0. The van der Waals surface area contributed by atoms with E-state index in [1.807, 2.05) is 42.5 Å². The molecule has 8 aromatic carbocycles. The van der Waals surface area contributed by atoms with Crippen molar-refractivity contribution >= 4 is 101 Å². The molecule has 6 heteroatoms. The number of pyridine rings is 1. The maximum absolute atomic E-state index is 9.17. The standard InChI is InChI=1S/C53H36BN5/c1-56-53(35-16-5-2-6-17-35)57-52(55)36-18-15-23-40(32-36)58-48-30-28-39(54(37-19-7-3-8-20-37)38-21-9-4-10-22-38)33-45(48)44-29-31-49-46(51(44)58)34-50-43-26-12-11-24-41(43)42-25-13-14-27-47(42)59(49)50/h2-34,55H,1H2. The summed E-state index contributed by atoms with van der Waals surface area (Å²) in [6, 6.07) is 70.8. The molecule has 3 aromatic heterocycles. The van der Waals surface area contributed by atoms with Crippen LogP contribution in [0, 0.1) is 5.41 Å². The number of nitrogens with one attached hydrogen (secondary N) is 1. The summed E-state index contributed by atoms with van der Waals surface area (Å²) >= 11 is 0. The van der Waals surface area contributed by atoms with Gasteiger partial charge in [-0.15, -0.1) is 0 Å². The van der Waals surface area contributed by atoms with Crippen molar-refractivity contribution in [2.24, 2.45) is 9.98 Å². The van der Waals surface area contributed by atoms with Crippen LogP contribution in [0.2, 0.25) is 0 Å². The zero-order valence-electron chi connectivity index (χ0n) is 32.1. The van der Waals surface area contributed by atoms with Crippen molar-refractivity contribution in [1.82, 2.24) is 8.97 Å². The van der Waals surface area contributed by atoms with Gasteiger partial charge < -0.3 is 8.97 Å². The summed E-state index contributed by atoms with van der Waals surface area (Å²) in [5.74, 6) is 0.533. The zero-order valence-corrected chi connectivity index (χ0v) is 32.1. The Hall–Kier alpha value is -7.83. The van der Waals surface area contributed by atoms with Gasteiger partial charge in [-0.3, -0.25) is 5.41 Å². The minimum absolute atomic E-state index is 0.0534. The van der Waals surface area contributed by atoms with Gasteiger partial charge in [-0.1, -0.05) is 180 Å². The van der Waals surface area contributed by atoms with Crippen LogP contribution in [0.1, 0.15) is 11.1 Å². The molecule has 0 atom stereocenters. The van der Waals surface area contributed by atoms with E-state index in [2.05, 4.69) is 183 Å². The Kier molecular flexibility index (Phi) is 8.15. The number of hydrogen-bond acceptors (Lipinski definition) is 1. The summed E-state index contributed by atoms with van der Waals surface area (Å²) in [5.41, 5.74) is 11.9. The summed E-state index contributed by atoms with van der Waals surface area (Å²) in [5, 5.41) is 16.3. The van der Waals surface area contributed by atoms with Gasteiger partial charge in [0.15, 0.2) is 11.7 Å². The first-order chi connectivity index (χ1) is 29.2. The first-order valence-corrected chi connectivity index (χ1v) is 19.9. The van der Waals surface area contributed by atoms with Crippen molar-refractivity contribution in [3.63, 3.8) is 0 Å². The van der Waals surface area contributed by atoms with Crippen LogP contribution in [-0.2, 0) is 0 Å². The van der Waals surface area contributed by atoms with Crippen LogP contribution >= 0.6 is 0 Å². The molecule has 0 saturated carbocycles. The van der Waals surface area contributed by atoms with Crippen LogP contribution in [0.3, 0.4) is 0 Å². The molecule has 5 nitrogen and oxygen atoms in total. The second-order valence-corrected chi connectivity index (χ2v) is 15.0. The van der Waals surface area contributed by atoms with E-state index in [4.69, 9.17) is 5.41 Å². The average molecular weight is 754 g/mol. The second-order valence-electron chi connectivity index (χ2n) is 15.0. The second kappa shape index (κ2) is 14.0. The Labute approximate surface area is 341 Å². The first-order valence-electron chi connectivity index (χ1n) is 19.9. The molecule has 0 amide bonds. The Morgan fingerprint density at radius 1 is 0.441 bits per heavy atom. The normalized spacial score (nSPS) is 12.0. The molecular formula is C53H36BN5. The zero-order chi connectivity index (χ0) is 39.5. The number of benzene rings is 8. The van der Waals surface area contributed by atoms with Gasteiger partial charge in [0, 0.05) is 43.7 Å². The molecule has 0 fully saturated rings. The van der Waals surface area contributed by atoms with Crippen LogP contribution in [0.25, 0.3) is 65.6 Å². The molecular weight excluding hydrogens is 717 g/mol. The highest BCUT2D eigenvalue weighted by Crippen LogP contribution is 2.41. The van der Waals surface area contributed by atoms with Gasteiger partial charge in [-0.05, 0) is 48.5 Å². The number of aliphatic imine (C=N–C) groups is 2. The maximum Gasteiger partial charge on any atom is 0.241 e. The predicted octanol–water partition coefficient (Wildman–Crippen LogP) is 10.5. The van der Waals surface area contributed by atoms with Crippen LogP contribution in [0.15, 0.2) is 210 Å². The fourth-order valence-corrected chi connectivity index (χ4v) is 9.16. The quantitative estimate of drug-likeness (QED) is 0.0761. The molecule has 0 aliphatic carbocycles. The molecule has 0 bridgehead atoms. The molecule has 0 unspecified atom stereocenters.